The third-order valence-electron chi connectivity index (χ3n) is 5.07. The quantitative estimate of drug-likeness (QED) is 0.190. The van der Waals surface area contributed by atoms with E-state index in [-0.39, 0.29) is 24.2 Å². The minimum absolute atomic E-state index is 0.0974. The highest BCUT2D eigenvalue weighted by Crippen LogP contribution is 2.63. The Morgan fingerprint density at radius 2 is 1.07 bits per heavy atom. The van der Waals surface area contributed by atoms with Crippen molar-refractivity contribution >= 4 is 0 Å². The van der Waals surface area contributed by atoms with Gasteiger partial charge in [0.25, 0.3) is 0 Å². The largest absolute Gasteiger partial charge is 0.452 e. The highest BCUT2D eigenvalue weighted by molar-refractivity contribution is 5.42. The van der Waals surface area contributed by atoms with Crippen LogP contribution in [0.15, 0.2) is 54.3 Å². The predicted molar refractivity (Wildman–Crippen MR) is 96.8 cm³/mol. The predicted octanol–water partition coefficient (Wildman–Crippen LogP) is 7.22. The number of aromatic nitrogens is 2. The van der Waals surface area contributed by atoms with Gasteiger partial charge in [-0.3, -0.25) is 0 Å². The van der Waals surface area contributed by atoms with Crippen molar-refractivity contribution in [3.8, 4) is 5.75 Å². The molecule has 0 amide bonds. The summed E-state index contributed by atoms with van der Waals surface area (Å²) in [5.74, 6) is -6.14. The van der Waals surface area contributed by atoms with E-state index < -0.39 is 59.3 Å². The van der Waals surface area contributed by atoms with Gasteiger partial charge in [-0.15, -0.1) is 0 Å². The standard InChI is InChI=1S/C20H12F17N2O/c1-38-6-7-39(9-38)8-10-2-4-11(5-3-10)40-13(16(23,24)25)12(14(21,17(26,27)28)18(29,30)31)15(22,19(32,33)34)20(35,36)37/h2-7,9H,8H2,1H3/q+1. The minimum Gasteiger partial charge on any atom is -0.452 e. The van der Waals surface area contributed by atoms with Gasteiger partial charge in [-0.2, -0.15) is 65.9 Å². The maximum atomic E-state index is 14.7. The number of hydrogen-bond acceptors (Lipinski definition) is 1. The number of hydrogen-bond donors (Lipinski definition) is 0. The molecule has 1 aromatic heterocycles. The van der Waals surface area contributed by atoms with Gasteiger partial charge in [-0.1, -0.05) is 12.1 Å². The van der Waals surface area contributed by atoms with E-state index in [0.717, 1.165) is 12.1 Å². The van der Waals surface area contributed by atoms with Crippen molar-refractivity contribution in [2.45, 2.75) is 48.8 Å². The van der Waals surface area contributed by atoms with Crippen LogP contribution < -0.4 is 9.30 Å². The number of ether oxygens (including phenoxy) is 1. The maximum Gasteiger partial charge on any atom is 0.449 e. The number of nitrogens with zero attached hydrogens (tertiary/aromatic N) is 2. The Balaban J connectivity index is 2.96. The molecule has 0 spiro atoms. The highest BCUT2D eigenvalue weighted by Gasteiger charge is 2.88. The first-order valence-corrected chi connectivity index (χ1v) is 9.93. The molecule has 0 radical (unpaired) electrons. The topological polar surface area (TPSA) is 18.0 Å². The van der Waals surface area contributed by atoms with Crippen molar-refractivity contribution in [3.63, 3.8) is 0 Å². The van der Waals surface area contributed by atoms with E-state index in [0.29, 0.717) is 0 Å². The van der Waals surface area contributed by atoms with Crippen LogP contribution in [0.25, 0.3) is 0 Å². The summed E-state index contributed by atoms with van der Waals surface area (Å²) >= 11 is 0. The normalized spacial score (nSPS) is 14.3. The molecule has 0 fully saturated rings. The van der Waals surface area contributed by atoms with Crippen molar-refractivity contribution in [1.82, 2.24) is 4.57 Å². The Morgan fingerprint density at radius 3 is 1.38 bits per heavy atom. The van der Waals surface area contributed by atoms with Crippen molar-refractivity contribution in [1.29, 1.82) is 0 Å². The average molecular weight is 619 g/mol. The average Bonchev–Trinajstić information content (AvgIpc) is 3.14. The van der Waals surface area contributed by atoms with Crippen LogP contribution in [0.2, 0.25) is 0 Å². The number of halogens is 17. The third kappa shape index (κ3) is 5.93. The van der Waals surface area contributed by atoms with E-state index in [9.17, 15) is 74.6 Å². The summed E-state index contributed by atoms with van der Waals surface area (Å²) < 4.78 is 236. The lowest BCUT2D eigenvalue weighted by molar-refractivity contribution is -0.671. The molecule has 3 nitrogen and oxygen atoms in total. The Hall–Kier alpha value is -3.22. The molecule has 1 aromatic carbocycles. The molecule has 20 heteroatoms. The molecular weight excluding hydrogens is 607 g/mol. The smallest absolute Gasteiger partial charge is 0.449 e. The fourth-order valence-electron chi connectivity index (χ4n) is 3.28. The van der Waals surface area contributed by atoms with Crippen LogP contribution in [-0.4, -0.2) is 46.8 Å². The molecule has 0 N–H and O–H groups in total. The number of rotatable bonds is 6. The van der Waals surface area contributed by atoms with Gasteiger partial charge in [-0.05, 0) is 17.7 Å². The summed E-state index contributed by atoms with van der Waals surface area (Å²) in [4.78, 5) is 0. The number of alkyl halides is 17. The van der Waals surface area contributed by atoms with Gasteiger partial charge in [0, 0.05) is 0 Å². The van der Waals surface area contributed by atoms with Crippen LogP contribution in [0.5, 0.6) is 5.75 Å². The van der Waals surface area contributed by atoms with Crippen LogP contribution >= 0.6 is 0 Å². The molecule has 0 saturated carbocycles. The van der Waals surface area contributed by atoms with Crippen LogP contribution in [0.3, 0.4) is 0 Å². The molecule has 226 valence electrons. The SMILES string of the molecule is C[n+]1ccn(Cc2ccc(OC(=C(C(F)(C(F)(F)F)C(F)(F)F)C(F)(C(F)(F)F)C(F)(F)F)C(F)(F)F)cc2)c1. The molecule has 0 saturated heterocycles. The second-order valence-corrected chi connectivity index (χ2v) is 8.01. The lowest BCUT2D eigenvalue weighted by Gasteiger charge is -2.41. The summed E-state index contributed by atoms with van der Waals surface area (Å²) in [6, 6.07) is 2.08. The number of aryl methyl sites for hydroxylation is 1. The first-order valence-electron chi connectivity index (χ1n) is 9.93. The number of imidazole rings is 1. The second kappa shape index (κ2) is 10.0. The van der Waals surface area contributed by atoms with Crippen LogP contribution in [0.1, 0.15) is 5.56 Å². The van der Waals surface area contributed by atoms with Gasteiger partial charge in [0.2, 0.25) is 12.1 Å². The summed E-state index contributed by atoms with van der Waals surface area (Å²) in [5, 5.41) is 0. The Kier molecular flexibility index (Phi) is 8.25. The van der Waals surface area contributed by atoms with Gasteiger partial charge in [-0.25, -0.2) is 17.9 Å². The highest BCUT2D eigenvalue weighted by atomic mass is 19.4. The molecule has 0 atom stereocenters. The van der Waals surface area contributed by atoms with E-state index in [1.54, 1.807) is 7.05 Å². The molecule has 40 heavy (non-hydrogen) atoms. The minimum atomic E-state index is -8.21. The second-order valence-electron chi connectivity index (χ2n) is 8.01. The Labute approximate surface area is 211 Å². The van der Waals surface area contributed by atoms with Gasteiger partial charge in [0.1, 0.15) is 24.7 Å². The monoisotopic (exact) mass is 619 g/mol. The number of allylic oxidation sites excluding steroid dienone is 2. The van der Waals surface area contributed by atoms with E-state index in [4.69, 9.17) is 0 Å². The molecule has 0 unspecified atom stereocenters. The lowest BCUT2D eigenvalue weighted by atomic mass is 9.79. The van der Waals surface area contributed by atoms with E-state index in [1.807, 2.05) is 0 Å². The molecule has 1 heterocycles. The van der Waals surface area contributed by atoms with Crippen LogP contribution in [0.4, 0.5) is 74.6 Å². The molecular formula is C20H12F17N2O+. The third-order valence-corrected chi connectivity index (χ3v) is 5.07. The van der Waals surface area contributed by atoms with Crippen LogP contribution in [-0.2, 0) is 13.6 Å². The van der Waals surface area contributed by atoms with Crippen LogP contribution in [0, 0.1) is 0 Å². The maximum absolute atomic E-state index is 14.7. The van der Waals surface area contributed by atoms with E-state index in [1.165, 1.54) is 27.9 Å². The van der Waals surface area contributed by atoms with Crippen molar-refractivity contribution in [2.75, 3.05) is 0 Å². The zero-order valence-corrected chi connectivity index (χ0v) is 19.0. The Bertz CT molecular complexity index is 1140. The molecule has 2 rings (SSSR count). The van der Waals surface area contributed by atoms with Crippen molar-refractivity contribution in [2.24, 2.45) is 7.05 Å². The first-order chi connectivity index (χ1) is 17.7. The summed E-state index contributed by atoms with van der Waals surface area (Å²) in [7, 11) is 1.57. The fraction of sp³-hybridized carbons (Fsp3) is 0.450. The zero-order chi connectivity index (χ0) is 31.3. The van der Waals surface area contributed by atoms with Gasteiger partial charge >= 0.3 is 42.2 Å². The lowest BCUT2D eigenvalue weighted by Crippen LogP contribution is -2.67. The molecule has 0 aliphatic rings. The molecule has 0 bridgehead atoms. The van der Waals surface area contributed by atoms with Crippen molar-refractivity contribution < 1.29 is 83.9 Å². The summed E-state index contributed by atoms with van der Waals surface area (Å²) in [6.07, 6.45) is -35.0. The van der Waals surface area contributed by atoms with Gasteiger partial charge < -0.3 is 4.74 Å². The molecule has 0 aliphatic carbocycles. The fourth-order valence-corrected chi connectivity index (χ4v) is 3.28. The van der Waals surface area contributed by atoms with E-state index >= 15 is 0 Å². The van der Waals surface area contributed by atoms with Gasteiger partial charge in [0.15, 0.2) is 0 Å². The van der Waals surface area contributed by atoms with E-state index in [2.05, 4.69) is 4.74 Å². The van der Waals surface area contributed by atoms with Crippen molar-refractivity contribution in [3.05, 3.63) is 59.9 Å². The first kappa shape index (κ1) is 33.0. The number of benzene rings is 1. The van der Waals surface area contributed by atoms with Gasteiger partial charge in [0.05, 0.1) is 12.6 Å². The Morgan fingerprint density at radius 1 is 0.675 bits per heavy atom. The summed E-state index contributed by atoms with van der Waals surface area (Å²) in [5.41, 5.74) is -21.8. The zero-order valence-electron chi connectivity index (χ0n) is 19.0. The summed E-state index contributed by atoms with van der Waals surface area (Å²) in [6.45, 7) is -0.0974. The molecule has 2 aromatic rings. The molecule has 0 aliphatic heterocycles.